The zero-order valence-electron chi connectivity index (χ0n) is 22.0. The van der Waals surface area contributed by atoms with E-state index in [0.717, 1.165) is 16.8 Å². The van der Waals surface area contributed by atoms with Crippen LogP contribution in [0.15, 0.2) is 42.5 Å². The summed E-state index contributed by atoms with van der Waals surface area (Å²) in [5.74, 6) is -2.94. The van der Waals surface area contributed by atoms with Crippen molar-refractivity contribution in [2.75, 3.05) is 24.7 Å². The number of aliphatic hydroxyl groups excluding tert-OH is 1. The molecule has 4 aliphatic heterocycles. The van der Waals surface area contributed by atoms with Gasteiger partial charge in [-0.3, -0.25) is 14.4 Å². The van der Waals surface area contributed by atoms with Crippen LogP contribution in [-0.4, -0.2) is 70.8 Å². The molecule has 1 unspecified atom stereocenters. The molecule has 0 aliphatic carbocycles. The first-order valence-electron chi connectivity index (χ1n) is 13.3. The minimum atomic E-state index is -1.36. The van der Waals surface area contributed by atoms with Crippen LogP contribution in [0.25, 0.3) is 0 Å². The Morgan fingerprint density at radius 1 is 1.08 bits per heavy atom. The van der Waals surface area contributed by atoms with Crippen molar-refractivity contribution in [3.8, 4) is 0 Å². The number of carbonyl (C=O) groups excluding carboxylic acids is 3. The molecule has 198 valence electrons. The Labute approximate surface area is 217 Å². The molecule has 0 bridgehead atoms. The lowest BCUT2D eigenvalue weighted by atomic mass is 9.73. The van der Waals surface area contributed by atoms with E-state index in [4.69, 9.17) is 9.47 Å². The molecule has 2 fully saturated rings. The Kier molecular flexibility index (Phi) is 6.52. The van der Waals surface area contributed by atoms with E-state index in [9.17, 15) is 19.5 Å². The van der Waals surface area contributed by atoms with Gasteiger partial charge in [-0.15, -0.1) is 0 Å². The molecule has 6 atom stereocenters. The third-order valence-electron chi connectivity index (χ3n) is 8.57. The standard InChI is InChI=1S/C29H36N2O6/c1-5-20(17-32)31-24-26(34)30(21-16-18(3)10-11-19(21)4)14-9-13-29(24)22(25(31)33)23-27(35)36-15-8-7-12-28(23,6-2)37-29/h7,9-13,16,20,22-24,32H,5-6,8,14-15,17H2,1-4H3/t20-,22-,23-,24?,28+,29-/m0/s1. The summed E-state index contributed by atoms with van der Waals surface area (Å²) >= 11 is 0. The maximum atomic E-state index is 14.5. The Hall–Kier alpha value is -2.97. The smallest absolute Gasteiger partial charge is 0.313 e. The topological polar surface area (TPSA) is 96.4 Å². The van der Waals surface area contributed by atoms with Crippen molar-refractivity contribution in [2.45, 2.75) is 70.2 Å². The van der Waals surface area contributed by atoms with E-state index in [0.29, 0.717) is 25.8 Å². The zero-order valence-corrected chi connectivity index (χ0v) is 22.0. The third-order valence-corrected chi connectivity index (χ3v) is 8.57. The van der Waals surface area contributed by atoms with Gasteiger partial charge in [-0.2, -0.15) is 0 Å². The Bertz CT molecular complexity index is 1170. The second kappa shape index (κ2) is 9.40. The molecule has 8 nitrogen and oxygen atoms in total. The molecule has 4 heterocycles. The van der Waals surface area contributed by atoms with Crippen LogP contribution >= 0.6 is 0 Å². The van der Waals surface area contributed by atoms with Gasteiger partial charge in [0.15, 0.2) is 0 Å². The predicted octanol–water partition coefficient (Wildman–Crippen LogP) is 2.84. The van der Waals surface area contributed by atoms with Gasteiger partial charge in [0.05, 0.1) is 25.2 Å². The average Bonchev–Trinajstić information content (AvgIpc) is 3.22. The summed E-state index contributed by atoms with van der Waals surface area (Å²) in [6, 6.07) is 4.33. The molecule has 0 radical (unpaired) electrons. The Balaban J connectivity index is 1.71. The minimum Gasteiger partial charge on any atom is -0.465 e. The summed E-state index contributed by atoms with van der Waals surface area (Å²) in [5, 5.41) is 10.3. The fraction of sp³-hybridized carbons (Fsp3) is 0.552. The highest BCUT2D eigenvalue weighted by molar-refractivity contribution is 6.06. The molecule has 1 spiro atoms. The number of cyclic esters (lactones) is 1. The van der Waals surface area contributed by atoms with Gasteiger partial charge < -0.3 is 24.4 Å². The number of likely N-dealkylation sites (tertiary alicyclic amines) is 1. The predicted molar refractivity (Wildman–Crippen MR) is 138 cm³/mol. The minimum absolute atomic E-state index is 0.232. The number of aryl methyl sites for hydroxylation is 2. The molecule has 37 heavy (non-hydrogen) atoms. The van der Waals surface area contributed by atoms with Crippen molar-refractivity contribution in [3.63, 3.8) is 0 Å². The molecular formula is C29H36N2O6. The largest absolute Gasteiger partial charge is 0.465 e. The van der Waals surface area contributed by atoms with Gasteiger partial charge in [-0.25, -0.2) is 0 Å². The summed E-state index contributed by atoms with van der Waals surface area (Å²) < 4.78 is 12.5. The number of esters is 1. The first-order valence-corrected chi connectivity index (χ1v) is 13.3. The lowest BCUT2D eigenvalue weighted by Gasteiger charge is -2.41. The number of ether oxygens (including phenoxy) is 2. The first kappa shape index (κ1) is 25.7. The molecule has 5 rings (SSSR count). The van der Waals surface area contributed by atoms with Crippen LogP contribution in [0.5, 0.6) is 0 Å². The molecule has 8 heteroatoms. The second-order valence-corrected chi connectivity index (χ2v) is 10.6. The SMILES string of the molecule is CC[C@@H](CO)N1C(=O)[C@@H]2[C@H]3C(=O)OCCC=C[C@@]3(CC)O[C@@]23C=CCN(c2cc(C)ccc2C)C(=O)C13. The molecule has 1 aromatic rings. The van der Waals surface area contributed by atoms with E-state index in [1.54, 1.807) is 4.90 Å². The van der Waals surface area contributed by atoms with E-state index in [1.807, 2.05) is 70.2 Å². The van der Waals surface area contributed by atoms with E-state index in [1.165, 1.54) is 4.90 Å². The summed E-state index contributed by atoms with van der Waals surface area (Å²) in [5.41, 5.74) is 0.298. The highest BCUT2D eigenvalue weighted by Crippen LogP contribution is 2.58. The van der Waals surface area contributed by atoms with Crippen LogP contribution in [0.1, 0.15) is 44.2 Å². The van der Waals surface area contributed by atoms with Gasteiger partial charge >= 0.3 is 5.97 Å². The van der Waals surface area contributed by atoms with E-state index in [2.05, 4.69) is 0 Å². The van der Waals surface area contributed by atoms with Gasteiger partial charge in [0, 0.05) is 12.2 Å². The summed E-state index contributed by atoms with van der Waals surface area (Å²) in [4.78, 5) is 45.5. The van der Waals surface area contributed by atoms with Crippen LogP contribution < -0.4 is 4.90 Å². The number of fused-ring (bicyclic) bond motifs is 2. The van der Waals surface area contributed by atoms with Crippen LogP contribution in [-0.2, 0) is 23.9 Å². The molecule has 0 saturated carbocycles. The van der Waals surface area contributed by atoms with Crippen molar-refractivity contribution in [3.05, 3.63) is 53.6 Å². The molecule has 1 aromatic carbocycles. The number of hydrogen-bond donors (Lipinski definition) is 1. The average molecular weight is 509 g/mol. The quantitative estimate of drug-likeness (QED) is 0.485. The summed E-state index contributed by atoms with van der Waals surface area (Å²) in [7, 11) is 0. The number of benzene rings is 1. The van der Waals surface area contributed by atoms with Crippen molar-refractivity contribution in [1.29, 1.82) is 0 Å². The van der Waals surface area contributed by atoms with Crippen molar-refractivity contribution in [1.82, 2.24) is 4.90 Å². The van der Waals surface area contributed by atoms with Gasteiger partial charge in [0.1, 0.15) is 23.2 Å². The lowest BCUT2D eigenvalue weighted by molar-refractivity contribution is -0.161. The fourth-order valence-electron chi connectivity index (χ4n) is 6.70. The van der Waals surface area contributed by atoms with E-state index in [-0.39, 0.29) is 25.0 Å². The van der Waals surface area contributed by atoms with Gasteiger partial charge in [-0.1, -0.05) is 50.3 Å². The number of hydrogen-bond acceptors (Lipinski definition) is 6. The molecule has 2 amide bonds. The zero-order chi connectivity index (χ0) is 26.5. The highest BCUT2D eigenvalue weighted by Gasteiger charge is 2.75. The molecule has 1 N–H and O–H groups in total. The second-order valence-electron chi connectivity index (χ2n) is 10.6. The van der Waals surface area contributed by atoms with Crippen molar-refractivity contribution < 1.29 is 29.0 Å². The summed E-state index contributed by atoms with van der Waals surface area (Å²) in [6.07, 6.45) is 9.00. The van der Waals surface area contributed by atoms with Crippen molar-refractivity contribution >= 4 is 23.5 Å². The van der Waals surface area contributed by atoms with Crippen LogP contribution in [0.3, 0.4) is 0 Å². The van der Waals surface area contributed by atoms with Crippen molar-refractivity contribution in [2.24, 2.45) is 11.8 Å². The monoisotopic (exact) mass is 508 g/mol. The van der Waals surface area contributed by atoms with Gasteiger partial charge in [0.2, 0.25) is 5.91 Å². The third kappa shape index (κ3) is 3.67. The van der Waals surface area contributed by atoms with Crippen LogP contribution in [0.2, 0.25) is 0 Å². The highest BCUT2D eigenvalue weighted by atomic mass is 16.6. The first-order chi connectivity index (χ1) is 17.7. The number of rotatable bonds is 5. The molecule has 4 aliphatic rings. The maximum Gasteiger partial charge on any atom is 0.313 e. The number of nitrogens with zero attached hydrogens (tertiary/aromatic N) is 2. The molecule has 2 saturated heterocycles. The lowest BCUT2D eigenvalue weighted by Crippen LogP contribution is -2.59. The number of aliphatic hydroxyl groups is 1. The number of amides is 2. The Morgan fingerprint density at radius 2 is 1.86 bits per heavy atom. The number of carbonyl (C=O) groups is 3. The molecular weight excluding hydrogens is 472 g/mol. The van der Waals surface area contributed by atoms with Gasteiger partial charge in [-0.05, 0) is 50.3 Å². The maximum absolute atomic E-state index is 14.5. The summed E-state index contributed by atoms with van der Waals surface area (Å²) in [6.45, 7) is 7.97. The van der Waals surface area contributed by atoms with E-state index < -0.39 is 41.1 Å². The number of anilines is 1. The molecule has 0 aromatic heterocycles. The van der Waals surface area contributed by atoms with Crippen LogP contribution in [0.4, 0.5) is 5.69 Å². The van der Waals surface area contributed by atoms with Crippen LogP contribution in [0, 0.1) is 25.7 Å². The van der Waals surface area contributed by atoms with Gasteiger partial charge in [0.25, 0.3) is 5.91 Å². The van der Waals surface area contributed by atoms with E-state index >= 15 is 0 Å². The fourth-order valence-corrected chi connectivity index (χ4v) is 6.70. The normalized spacial score (nSPS) is 33.9. The Morgan fingerprint density at radius 3 is 2.57 bits per heavy atom.